The zero-order valence-electron chi connectivity index (χ0n) is 11.6. The van der Waals surface area contributed by atoms with Crippen LogP contribution in [0.25, 0.3) is 0 Å². The van der Waals surface area contributed by atoms with Crippen molar-refractivity contribution < 1.29 is 0 Å². The van der Waals surface area contributed by atoms with E-state index >= 15 is 0 Å². The predicted octanol–water partition coefficient (Wildman–Crippen LogP) is 4.21. The molecule has 1 aromatic heterocycles. The summed E-state index contributed by atoms with van der Waals surface area (Å²) >= 11 is 3.46. The molecule has 3 nitrogen and oxygen atoms in total. The lowest BCUT2D eigenvalue weighted by atomic mass is 9.92. The minimum Gasteiger partial charge on any atom is -0.369 e. The third-order valence-corrected chi connectivity index (χ3v) is 4.37. The van der Waals surface area contributed by atoms with E-state index in [-0.39, 0.29) is 0 Å². The maximum absolute atomic E-state index is 4.57. The van der Waals surface area contributed by atoms with Crippen LogP contribution in [0.5, 0.6) is 0 Å². The van der Waals surface area contributed by atoms with Gasteiger partial charge in [-0.2, -0.15) is 0 Å². The van der Waals surface area contributed by atoms with E-state index in [1.54, 1.807) is 0 Å². The maximum Gasteiger partial charge on any atom is 0.134 e. The molecule has 1 fully saturated rings. The Hall–Kier alpha value is -0.640. The minimum atomic E-state index is 0.350. The first-order valence-corrected chi connectivity index (χ1v) is 7.50. The van der Waals surface area contributed by atoms with Gasteiger partial charge in [-0.3, -0.25) is 0 Å². The molecule has 1 N–H and O–H groups in total. The topological polar surface area (TPSA) is 37.8 Å². The Morgan fingerprint density at radius 1 is 1.28 bits per heavy atom. The number of nitrogens with zero attached hydrogens (tertiary/aromatic N) is 2. The molecule has 1 heterocycles. The lowest BCUT2D eigenvalue weighted by molar-refractivity contribution is 0.380. The molecule has 2 rings (SSSR count). The van der Waals surface area contributed by atoms with Gasteiger partial charge in [-0.1, -0.05) is 27.7 Å². The van der Waals surface area contributed by atoms with Crippen LogP contribution in [0.3, 0.4) is 0 Å². The van der Waals surface area contributed by atoms with Gasteiger partial charge in [0.05, 0.1) is 0 Å². The molecule has 1 aliphatic rings. The summed E-state index contributed by atoms with van der Waals surface area (Å²) in [5.74, 6) is 2.91. The van der Waals surface area contributed by atoms with E-state index in [9.17, 15) is 0 Å². The van der Waals surface area contributed by atoms with Crippen LogP contribution < -0.4 is 5.32 Å². The summed E-state index contributed by atoms with van der Waals surface area (Å²) in [6.45, 7) is 9.87. The molecule has 1 aromatic rings. The van der Waals surface area contributed by atoms with Gasteiger partial charge < -0.3 is 5.32 Å². The summed E-state index contributed by atoms with van der Waals surface area (Å²) < 4.78 is 0.859. The summed E-state index contributed by atoms with van der Waals surface area (Å²) in [6.07, 6.45) is 2.67. The van der Waals surface area contributed by atoms with E-state index in [0.717, 1.165) is 28.7 Å². The largest absolute Gasteiger partial charge is 0.369 e. The monoisotopic (exact) mass is 311 g/mol. The van der Waals surface area contributed by atoms with Gasteiger partial charge in [0.15, 0.2) is 0 Å². The maximum atomic E-state index is 4.57. The Morgan fingerprint density at radius 3 is 2.44 bits per heavy atom. The van der Waals surface area contributed by atoms with Crippen LogP contribution in [0.2, 0.25) is 0 Å². The first kappa shape index (κ1) is 13.8. The van der Waals surface area contributed by atoms with Gasteiger partial charge in [0.1, 0.15) is 16.2 Å². The van der Waals surface area contributed by atoms with Crippen molar-refractivity contribution in [3.8, 4) is 0 Å². The third-order valence-electron chi connectivity index (χ3n) is 3.97. The lowest BCUT2D eigenvalue weighted by Crippen LogP contribution is -2.21. The molecular formula is C14H22BrN3. The molecule has 0 bridgehead atoms. The van der Waals surface area contributed by atoms with Gasteiger partial charge in [0.2, 0.25) is 0 Å². The van der Waals surface area contributed by atoms with E-state index < -0.39 is 0 Å². The molecule has 0 radical (unpaired) electrons. The second-order valence-electron chi connectivity index (χ2n) is 5.96. The van der Waals surface area contributed by atoms with Gasteiger partial charge in [-0.05, 0) is 40.1 Å². The summed E-state index contributed by atoms with van der Waals surface area (Å²) in [5.41, 5.74) is 0.495. The van der Waals surface area contributed by atoms with Crippen LogP contribution in [0, 0.1) is 11.3 Å². The van der Waals surface area contributed by atoms with Crippen LogP contribution in [-0.4, -0.2) is 16.5 Å². The number of hydrogen-bond acceptors (Lipinski definition) is 3. The fourth-order valence-electron chi connectivity index (χ4n) is 2.17. The number of rotatable bonds is 5. The molecule has 18 heavy (non-hydrogen) atoms. The standard InChI is InChI=1S/C14H22BrN3/c1-9(2)13-17-11(15)7-12(18-13)16-8-14(5-6-14)10(3)4/h7,9-10H,5-6,8H2,1-4H3,(H,16,17,18). The molecule has 1 saturated carbocycles. The molecule has 0 atom stereocenters. The van der Waals surface area contributed by atoms with E-state index in [1.165, 1.54) is 12.8 Å². The Labute approximate surface area is 118 Å². The second-order valence-corrected chi connectivity index (χ2v) is 6.77. The molecule has 0 spiro atoms. The van der Waals surface area contributed by atoms with Crippen LogP contribution >= 0.6 is 15.9 Å². The van der Waals surface area contributed by atoms with Crippen molar-refractivity contribution in [2.75, 3.05) is 11.9 Å². The summed E-state index contributed by atoms with van der Waals surface area (Å²) in [7, 11) is 0. The fraction of sp³-hybridized carbons (Fsp3) is 0.714. The molecule has 4 heteroatoms. The summed E-state index contributed by atoms with van der Waals surface area (Å²) in [6, 6.07) is 1.96. The van der Waals surface area contributed by atoms with Gasteiger partial charge >= 0.3 is 0 Å². The molecule has 0 aromatic carbocycles. The quantitative estimate of drug-likeness (QED) is 0.828. The number of anilines is 1. The predicted molar refractivity (Wildman–Crippen MR) is 78.8 cm³/mol. The Kier molecular flexibility index (Phi) is 3.95. The van der Waals surface area contributed by atoms with Crippen molar-refractivity contribution >= 4 is 21.7 Å². The van der Waals surface area contributed by atoms with Gasteiger partial charge in [-0.25, -0.2) is 9.97 Å². The zero-order valence-corrected chi connectivity index (χ0v) is 13.2. The van der Waals surface area contributed by atoms with Crippen LogP contribution in [0.4, 0.5) is 5.82 Å². The van der Waals surface area contributed by atoms with E-state index in [4.69, 9.17) is 0 Å². The molecule has 0 aliphatic heterocycles. The first-order valence-electron chi connectivity index (χ1n) is 6.71. The molecular weight excluding hydrogens is 290 g/mol. The number of aromatic nitrogens is 2. The highest BCUT2D eigenvalue weighted by molar-refractivity contribution is 9.10. The van der Waals surface area contributed by atoms with E-state index in [1.807, 2.05) is 6.07 Å². The average Bonchev–Trinajstić information content (AvgIpc) is 3.06. The van der Waals surface area contributed by atoms with Crippen molar-refractivity contribution in [1.82, 2.24) is 9.97 Å². The number of nitrogens with one attached hydrogen (secondary N) is 1. The van der Waals surface area contributed by atoms with Crippen molar-refractivity contribution in [3.05, 3.63) is 16.5 Å². The second kappa shape index (κ2) is 5.16. The van der Waals surface area contributed by atoms with Crippen LogP contribution in [-0.2, 0) is 0 Å². The first-order chi connectivity index (χ1) is 8.43. The highest BCUT2D eigenvalue weighted by Gasteiger charge is 2.44. The normalized spacial score (nSPS) is 17.3. The molecule has 1 aliphatic carbocycles. The van der Waals surface area contributed by atoms with Crippen molar-refractivity contribution in [1.29, 1.82) is 0 Å². The van der Waals surface area contributed by atoms with Gasteiger partial charge in [0, 0.05) is 18.5 Å². The van der Waals surface area contributed by atoms with Gasteiger partial charge in [0.25, 0.3) is 0 Å². The van der Waals surface area contributed by atoms with Crippen LogP contribution in [0.1, 0.15) is 52.3 Å². The van der Waals surface area contributed by atoms with Crippen LogP contribution in [0.15, 0.2) is 10.7 Å². The highest BCUT2D eigenvalue weighted by Crippen LogP contribution is 2.51. The van der Waals surface area contributed by atoms with Crippen molar-refractivity contribution in [3.63, 3.8) is 0 Å². The molecule has 0 saturated heterocycles. The molecule has 0 amide bonds. The lowest BCUT2D eigenvalue weighted by Gasteiger charge is -2.20. The highest BCUT2D eigenvalue weighted by atomic mass is 79.9. The SMILES string of the molecule is CC(C)c1nc(Br)cc(NCC2(C(C)C)CC2)n1. The third kappa shape index (κ3) is 3.02. The number of hydrogen-bond donors (Lipinski definition) is 1. The Bertz CT molecular complexity index is 425. The Morgan fingerprint density at radius 2 is 1.94 bits per heavy atom. The molecule has 100 valence electrons. The van der Waals surface area contributed by atoms with Crippen molar-refractivity contribution in [2.24, 2.45) is 11.3 Å². The smallest absolute Gasteiger partial charge is 0.134 e. The van der Waals surface area contributed by atoms with Gasteiger partial charge in [-0.15, -0.1) is 0 Å². The summed E-state index contributed by atoms with van der Waals surface area (Å²) in [4.78, 5) is 8.97. The number of halogens is 1. The van der Waals surface area contributed by atoms with Crippen molar-refractivity contribution in [2.45, 2.75) is 46.5 Å². The summed E-state index contributed by atoms with van der Waals surface area (Å²) in [5, 5.41) is 3.48. The van der Waals surface area contributed by atoms with E-state index in [0.29, 0.717) is 11.3 Å². The van der Waals surface area contributed by atoms with E-state index in [2.05, 4.69) is 58.9 Å². The minimum absolute atomic E-state index is 0.350. The molecule has 0 unspecified atom stereocenters. The fourth-order valence-corrected chi connectivity index (χ4v) is 2.57. The average molecular weight is 312 g/mol. The zero-order chi connectivity index (χ0) is 13.3. The Balaban J connectivity index is 2.05.